The highest BCUT2D eigenvalue weighted by Crippen LogP contribution is 2.51. The Balaban J connectivity index is 1.21. The lowest BCUT2D eigenvalue weighted by Crippen LogP contribution is -2.55. The molecule has 2 saturated heterocycles. The van der Waals surface area contributed by atoms with Crippen LogP contribution in [-0.2, 0) is 33.6 Å². The van der Waals surface area contributed by atoms with Crippen LogP contribution in [0.15, 0.2) is 42.6 Å². The van der Waals surface area contributed by atoms with Crippen molar-refractivity contribution in [1.29, 1.82) is 0 Å². The average molecular weight is 517 g/mol. The van der Waals surface area contributed by atoms with Crippen LogP contribution in [0, 0.1) is 0 Å². The molecule has 0 radical (unpaired) electrons. The molecule has 0 spiro atoms. The fourth-order valence-corrected chi connectivity index (χ4v) is 6.05. The molecule has 4 aliphatic rings. The van der Waals surface area contributed by atoms with E-state index in [-0.39, 0.29) is 17.1 Å². The van der Waals surface area contributed by atoms with Gasteiger partial charge in [-0.25, -0.2) is 4.98 Å². The second-order valence-corrected chi connectivity index (χ2v) is 11.1. The summed E-state index contributed by atoms with van der Waals surface area (Å²) in [6, 6.07) is 11.7. The van der Waals surface area contributed by atoms with E-state index in [1.54, 1.807) is 0 Å². The molecule has 1 saturated carbocycles. The van der Waals surface area contributed by atoms with Crippen molar-refractivity contribution in [3.63, 3.8) is 0 Å². The van der Waals surface area contributed by atoms with Crippen LogP contribution in [0.5, 0.6) is 0 Å². The topological polar surface area (TPSA) is 74.3 Å². The van der Waals surface area contributed by atoms with E-state index in [0.29, 0.717) is 37.8 Å². The zero-order valence-corrected chi connectivity index (χ0v) is 21.0. The molecule has 2 atom stereocenters. The standard InChI is InChI=1S/C27H31F3N4O3/c1-18-14-33-20(21-13-31-23(34(18)21)24(2,35)27(28,29)30)12-22(32-33)25-8-10-26(11-9-25,37-16-25)17-36-15-19-6-4-3-5-7-19/h3-7,12-13,18,35H,8-11,14-17H2,1-2H3/t18-,24+,25?,26?/m0/s1. The van der Waals surface area contributed by atoms with Gasteiger partial charge in [0.25, 0.3) is 0 Å². The van der Waals surface area contributed by atoms with E-state index in [9.17, 15) is 18.3 Å². The molecule has 7 rings (SSSR count). The molecular weight excluding hydrogens is 485 g/mol. The summed E-state index contributed by atoms with van der Waals surface area (Å²) < 4.78 is 56.6. The molecule has 7 nitrogen and oxygen atoms in total. The highest BCUT2D eigenvalue weighted by molar-refractivity contribution is 5.58. The average Bonchev–Trinajstić information content (AvgIpc) is 3.51. The van der Waals surface area contributed by atoms with Gasteiger partial charge in [-0.1, -0.05) is 30.3 Å². The van der Waals surface area contributed by atoms with Crippen molar-refractivity contribution in [1.82, 2.24) is 19.3 Å². The SMILES string of the molecule is C[C@H]1Cn2nc(C34CCC(COCc5ccccc5)(CC3)OC4)cc2-c2cnc([C@@](C)(O)C(F)(F)F)n21. The zero-order valence-electron chi connectivity index (χ0n) is 21.0. The first-order chi connectivity index (χ1) is 17.5. The molecule has 198 valence electrons. The number of rotatable bonds is 6. The Morgan fingerprint density at radius 3 is 2.51 bits per heavy atom. The molecule has 3 fully saturated rings. The van der Waals surface area contributed by atoms with Crippen molar-refractivity contribution in [3.05, 3.63) is 59.7 Å². The molecule has 2 aromatic heterocycles. The van der Waals surface area contributed by atoms with E-state index >= 15 is 0 Å². The van der Waals surface area contributed by atoms with Gasteiger partial charge in [0.1, 0.15) is 0 Å². The lowest BCUT2D eigenvalue weighted by molar-refractivity contribution is -0.262. The Hall–Kier alpha value is -2.69. The van der Waals surface area contributed by atoms with Crippen LogP contribution in [0.2, 0.25) is 0 Å². The molecule has 0 amide bonds. The summed E-state index contributed by atoms with van der Waals surface area (Å²) in [7, 11) is 0. The van der Waals surface area contributed by atoms with E-state index in [2.05, 4.69) is 4.98 Å². The molecule has 3 aromatic rings. The zero-order chi connectivity index (χ0) is 26.1. The van der Waals surface area contributed by atoms with E-state index in [1.165, 1.54) is 10.8 Å². The Bertz CT molecular complexity index is 1270. The van der Waals surface area contributed by atoms with Gasteiger partial charge in [0, 0.05) is 5.41 Å². The van der Waals surface area contributed by atoms with Gasteiger partial charge in [-0.3, -0.25) is 4.68 Å². The number of nitrogens with zero attached hydrogens (tertiary/aromatic N) is 4. The predicted octanol–water partition coefficient (Wildman–Crippen LogP) is 4.89. The number of hydrogen-bond acceptors (Lipinski definition) is 5. The minimum absolute atomic E-state index is 0.222. The monoisotopic (exact) mass is 516 g/mol. The molecule has 1 aromatic carbocycles. The molecule has 1 aliphatic carbocycles. The van der Waals surface area contributed by atoms with E-state index < -0.39 is 17.6 Å². The quantitative estimate of drug-likeness (QED) is 0.505. The van der Waals surface area contributed by atoms with Gasteiger partial charge in [0.2, 0.25) is 5.60 Å². The number of aromatic nitrogens is 4. The summed E-state index contributed by atoms with van der Waals surface area (Å²) in [5.41, 5.74) is -0.252. The summed E-state index contributed by atoms with van der Waals surface area (Å²) in [6.07, 6.45) is 0.152. The van der Waals surface area contributed by atoms with Crippen LogP contribution >= 0.6 is 0 Å². The molecule has 1 N–H and O–H groups in total. The van der Waals surface area contributed by atoms with E-state index in [1.807, 2.05) is 48.0 Å². The summed E-state index contributed by atoms with van der Waals surface area (Å²) in [4.78, 5) is 4.03. The number of aliphatic hydroxyl groups is 1. The summed E-state index contributed by atoms with van der Waals surface area (Å²) >= 11 is 0. The maximum atomic E-state index is 13.6. The smallest absolute Gasteiger partial charge is 0.374 e. The Kier molecular flexibility index (Phi) is 5.60. The second kappa shape index (κ2) is 8.41. The van der Waals surface area contributed by atoms with Crippen LogP contribution in [-0.4, -0.2) is 49.4 Å². The highest BCUT2D eigenvalue weighted by Gasteiger charge is 2.55. The summed E-state index contributed by atoms with van der Waals surface area (Å²) in [6.45, 7) is 4.62. The largest absolute Gasteiger partial charge is 0.424 e. The van der Waals surface area contributed by atoms with Crippen molar-refractivity contribution in [3.8, 4) is 11.4 Å². The number of benzene rings is 1. The maximum absolute atomic E-state index is 13.6. The first-order valence-electron chi connectivity index (χ1n) is 12.7. The minimum atomic E-state index is -4.84. The third kappa shape index (κ3) is 3.92. The second-order valence-electron chi connectivity index (χ2n) is 11.1. The Morgan fingerprint density at radius 1 is 1.14 bits per heavy atom. The van der Waals surface area contributed by atoms with Gasteiger partial charge >= 0.3 is 6.18 Å². The molecular formula is C27H31F3N4O3. The van der Waals surface area contributed by atoms with E-state index in [0.717, 1.165) is 43.9 Å². The third-order valence-electron chi connectivity index (χ3n) is 8.50. The number of hydrogen-bond donors (Lipinski definition) is 1. The molecule has 10 heteroatoms. The van der Waals surface area contributed by atoms with Crippen LogP contribution < -0.4 is 0 Å². The van der Waals surface area contributed by atoms with Crippen molar-refractivity contribution >= 4 is 0 Å². The van der Waals surface area contributed by atoms with Gasteiger partial charge in [-0.2, -0.15) is 18.3 Å². The van der Waals surface area contributed by atoms with Crippen LogP contribution in [0.25, 0.3) is 11.4 Å². The Labute approximate surface area is 213 Å². The summed E-state index contributed by atoms with van der Waals surface area (Å²) in [5.74, 6) is -0.395. The third-order valence-corrected chi connectivity index (χ3v) is 8.50. The van der Waals surface area contributed by atoms with Crippen molar-refractivity contribution < 1.29 is 27.8 Å². The minimum Gasteiger partial charge on any atom is -0.374 e. The van der Waals surface area contributed by atoms with Gasteiger partial charge < -0.3 is 19.1 Å². The molecule has 2 bridgehead atoms. The number of halogens is 3. The van der Waals surface area contributed by atoms with Crippen molar-refractivity contribution in [2.45, 2.75) is 81.5 Å². The fraction of sp³-hybridized carbons (Fsp3) is 0.556. The fourth-order valence-electron chi connectivity index (χ4n) is 6.05. The normalized spacial score (nSPS) is 28.5. The number of imidazole rings is 1. The van der Waals surface area contributed by atoms with Gasteiger partial charge in [0.15, 0.2) is 5.82 Å². The number of fused-ring (bicyclic) bond motifs is 6. The van der Waals surface area contributed by atoms with Crippen LogP contribution in [0.3, 0.4) is 0 Å². The molecule has 3 aliphatic heterocycles. The van der Waals surface area contributed by atoms with Gasteiger partial charge in [-0.15, -0.1) is 0 Å². The van der Waals surface area contributed by atoms with Gasteiger partial charge in [0.05, 0.1) is 61.3 Å². The van der Waals surface area contributed by atoms with E-state index in [4.69, 9.17) is 14.6 Å². The molecule has 37 heavy (non-hydrogen) atoms. The van der Waals surface area contributed by atoms with Crippen LogP contribution in [0.4, 0.5) is 13.2 Å². The molecule has 0 unspecified atom stereocenters. The number of alkyl halides is 3. The maximum Gasteiger partial charge on any atom is 0.424 e. The first kappa shape index (κ1) is 24.6. The number of ether oxygens (including phenoxy) is 2. The Morgan fingerprint density at radius 2 is 1.86 bits per heavy atom. The summed E-state index contributed by atoms with van der Waals surface area (Å²) in [5, 5.41) is 15.2. The lowest BCUT2D eigenvalue weighted by atomic mass is 9.64. The van der Waals surface area contributed by atoms with Gasteiger partial charge in [-0.05, 0) is 51.2 Å². The molecule has 5 heterocycles. The predicted molar refractivity (Wildman–Crippen MR) is 129 cm³/mol. The van der Waals surface area contributed by atoms with Crippen molar-refractivity contribution in [2.24, 2.45) is 0 Å². The van der Waals surface area contributed by atoms with Crippen molar-refractivity contribution in [2.75, 3.05) is 13.2 Å². The highest BCUT2D eigenvalue weighted by atomic mass is 19.4. The van der Waals surface area contributed by atoms with Crippen LogP contribution in [0.1, 0.15) is 62.7 Å². The lowest BCUT2D eigenvalue weighted by Gasteiger charge is -2.52. The first-order valence-corrected chi connectivity index (χ1v) is 12.7.